The maximum absolute atomic E-state index is 11.8. The average Bonchev–Trinajstić information content (AvgIpc) is 2.93. The van der Waals surface area contributed by atoms with E-state index in [9.17, 15) is 8.42 Å². The van der Waals surface area contributed by atoms with Crippen LogP contribution in [-0.4, -0.2) is 31.2 Å². The summed E-state index contributed by atoms with van der Waals surface area (Å²) in [7, 11) is -3.32. The lowest BCUT2D eigenvalue weighted by Crippen LogP contribution is -2.35. The largest absolute Gasteiger partial charge is 0.313 e. The Bertz CT molecular complexity index is 426. The Morgan fingerprint density at radius 1 is 1.62 bits per heavy atom. The first-order valence-electron chi connectivity index (χ1n) is 5.22. The van der Waals surface area contributed by atoms with Crippen LogP contribution in [0.25, 0.3) is 0 Å². The predicted octanol–water partition coefficient (Wildman–Crippen LogP) is 1.03. The number of aromatic nitrogens is 1. The minimum Gasteiger partial charge on any atom is -0.313 e. The first-order chi connectivity index (χ1) is 7.58. The molecule has 1 unspecified atom stereocenters. The fraction of sp³-hybridized carbons (Fsp3) is 0.667. The van der Waals surface area contributed by atoms with Crippen molar-refractivity contribution in [1.29, 1.82) is 0 Å². The van der Waals surface area contributed by atoms with Crippen molar-refractivity contribution in [3.8, 4) is 0 Å². The Hall–Kier alpha value is -0.660. The summed E-state index contributed by atoms with van der Waals surface area (Å²) in [6.07, 6.45) is 3.90. The van der Waals surface area contributed by atoms with Gasteiger partial charge in [-0.15, -0.1) is 11.3 Å². The van der Waals surface area contributed by atoms with Gasteiger partial charge >= 0.3 is 0 Å². The van der Waals surface area contributed by atoms with E-state index in [0.717, 1.165) is 12.8 Å². The van der Waals surface area contributed by atoms with Crippen LogP contribution < -0.4 is 10.0 Å². The van der Waals surface area contributed by atoms with E-state index in [4.69, 9.17) is 0 Å². The van der Waals surface area contributed by atoms with Crippen molar-refractivity contribution >= 4 is 26.5 Å². The maximum Gasteiger partial charge on any atom is 0.238 e. The number of nitrogens with zero attached hydrogens (tertiary/aromatic N) is 1. The van der Waals surface area contributed by atoms with E-state index in [1.165, 1.54) is 11.3 Å². The zero-order chi connectivity index (χ0) is 11.6. The zero-order valence-corrected chi connectivity index (χ0v) is 10.6. The molecule has 0 aromatic carbocycles. The molecule has 0 amide bonds. The van der Waals surface area contributed by atoms with Gasteiger partial charge in [0.2, 0.25) is 10.0 Å². The normalized spacial score (nSPS) is 18.3. The number of rotatable bonds is 6. The molecular formula is C9H15N3O2S2. The lowest BCUT2D eigenvalue weighted by molar-refractivity contribution is 0.576. The molecule has 16 heavy (non-hydrogen) atoms. The summed E-state index contributed by atoms with van der Waals surface area (Å²) >= 11 is 1.28. The first kappa shape index (κ1) is 11.8. The number of anilines is 1. The van der Waals surface area contributed by atoms with Crippen molar-refractivity contribution < 1.29 is 8.42 Å². The Labute approximate surface area is 99.3 Å². The topological polar surface area (TPSA) is 71.1 Å². The van der Waals surface area contributed by atoms with Gasteiger partial charge in [0, 0.05) is 24.2 Å². The smallest absolute Gasteiger partial charge is 0.238 e. The molecule has 0 bridgehead atoms. The molecule has 1 aliphatic carbocycles. The second-order valence-electron chi connectivity index (χ2n) is 3.98. The van der Waals surface area contributed by atoms with Crippen molar-refractivity contribution in [1.82, 2.24) is 10.3 Å². The Balaban J connectivity index is 1.89. The highest BCUT2D eigenvalue weighted by atomic mass is 32.2. The van der Waals surface area contributed by atoms with Gasteiger partial charge in [0.05, 0.1) is 5.25 Å². The zero-order valence-electron chi connectivity index (χ0n) is 9.01. The molecule has 0 aliphatic heterocycles. The second kappa shape index (κ2) is 4.68. The van der Waals surface area contributed by atoms with Gasteiger partial charge in [-0.25, -0.2) is 13.4 Å². The molecule has 1 fully saturated rings. The van der Waals surface area contributed by atoms with Crippen molar-refractivity contribution in [2.24, 2.45) is 0 Å². The number of nitrogens with one attached hydrogen (secondary N) is 2. The van der Waals surface area contributed by atoms with Crippen molar-refractivity contribution in [3.05, 3.63) is 11.6 Å². The minimum atomic E-state index is -3.32. The summed E-state index contributed by atoms with van der Waals surface area (Å²) in [4.78, 5) is 3.90. The van der Waals surface area contributed by atoms with Crippen molar-refractivity contribution in [2.45, 2.75) is 31.1 Å². The highest BCUT2D eigenvalue weighted by Crippen LogP contribution is 2.19. The second-order valence-corrected chi connectivity index (χ2v) is 6.97. The fourth-order valence-electron chi connectivity index (χ4n) is 1.23. The van der Waals surface area contributed by atoms with Gasteiger partial charge < -0.3 is 5.32 Å². The molecule has 0 radical (unpaired) electrons. The van der Waals surface area contributed by atoms with E-state index >= 15 is 0 Å². The third-order valence-electron chi connectivity index (χ3n) is 2.46. The standard InChI is InChI=1S/C9H15N3O2S2/c1-7(6-11-8-2-3-8)16(13,14)12-9-10-4-5-15-9/h4-5,7-8,11H,2-3,6H2,1H3,(H,10,12). The molecule has 1 heterocycles. The lowest BCUT2D eigenvalue weighted by Gasteiger charge is -2.13. The third kappa shape index (κ3) is 3.16. The lowest BCUT2D eigenvalue weighted by atomic mass is 10.4. The van der Waals surface area contributed by atoms with Crippen LogP contribution in [0.5, 0.6) is 0 Å². The van der Waals surface area contributed by atoms with Crippen LogP contribution in [-0.2, 0) is 10.0 Å². The average molecular weight is 261 g/mol. The molecule has 1 atom stereocenters. The molecule has 2 N–H and O–H groups in total. The van der Waals surface area contributed by atoms with Crippen LogP contribution in [0.3, 0.4) is 0 Å². The number of hydrogen-bond acceptors (Lipinski definition) is 5. The third-order valence-corrected chi connectivity index (χ3v) is 4.98. The SMILES string of the molecule is CC(CNC1CC1)S(=O)(=O)Nc1nccs1. The van der Waals surface area contributed by atoms with E-state index in [2.05, 4.69) is 15.0 Å². The molecular weight excluding hydrogens is 246 g/mol. The van der Waals surface area contributed by atoms with E-state index in [1.807, 2.05) is 0 Å². The van der Waals surface area contributed by atoms with Crippen LogP contribution in [0.15, 0.2) is 11.6 Å². The molecule has 5 nitrogen and oxygen atoms in total. The number of sulfonamides is 1. The van der Waals surface area contributed by atoms with E-state index in [-0.39, 0.29) is 0 Å². The predicted molar refractivity (Wildman–Crippen MR) is 65.1 cm³/mol. The summed E-state index contributed by atoms with van der Waals surface area (Å²) in [5.41, 5.74) is 0. The van der Waals surface area contributed by atoms with Crippen LogP contribution in [0.4, 0.5) is 5.13 Å². The molecule has 1 aromatic heterocycles. The Kier molecular flexibility index (Phi) is 3.46. The van der Waals surface area contributed by atoms with Crippen molar-refractivity contribution in [3.63, 3.8) is 0 Å². The summed E-state index contributed by atoms with van der Waals surface area (Å²) in [5, 5.41) is 4.93. The van der Waals surface area contributed by atoms with Crippen LogP contribution in [0, 0.1) is 0 Å². The Morgan fingerprint density at radius 3 is 2.94 bits per heavy atom. The van der Waals surface area contributed by atoms with Gasteiger partial charge in [0.1, 0.15) is 0 Å². The van der Waals surface area contributed by atoms with Gasteiger partial charge in [-0.3, -0.25) is 4.72 Å². The molecule has 7 heteroatoms. The highest BCUT2D eigenvalue weighted by molar-refractivity contribution is 7.93. The van der Waals surface area contributed by atoms with Gasteiger partial charge in [0.25, 0.3) is 0 Å². The molecule has 0 saturated heterocycles. The Morgan fingerprint density at radius 2 is 2.38 bits per heavy atom. The van der Waals surface area contributed by atoms with E-state index in [1.54, 1.807) is 18.5 Å². The van der Waals surface area contributed by atoms with Gasteiger partial charge in [-0.05, 0) is 19.8 Å². The molecule has 1 saturated carbocycles. The number of thiazole rings is 1. The fourth-order valence-corrected chi connectivity index (χ4v) is 2.95. The van der Waals surface area contributed by atoms with E-state index < -0.39 is 15.3 Å². The molecule has 90 valence electrons. The van der Waals surface area contributed by atoms with E-state index in [0.29, 0.717) is 17.7 Å². The highest BCUT2D eigenvalue weighted by Gasteiger charge is 2.26. The summed E-state index contributed by atoms with van der Waals surface area (Å²) in [6.45, 7) is 2.19. The van der Waals surface area contributed by atoms with Gasteiger partial charge in [0.15, 0.2) is 5.13 Å². The number of hydrogen-bond donors (Lipinski definition) is 2. The van der Waals surface area contributed by atoms with Crippen LogP contribution in [0.1, 0.15) is 19.8 Å². The quantitative estimate of drug-likeness (QED) is 0.802. The molecule has 1 aliphatic rings. The molecule has 1 aromatic rings. The van der Waals surface area contributed by atoms with Gasteiger partial charge in [-0.2, -0.15) is 0 Å². The first-order valence-corrected chi connectivity index (χ1v) is 7.65. The van der Waals surface area contributed by atoms with Crippen LogP contribution in [0.2, 0.25) is 0 Å². The molecule has 2 rings (SSSR count). The van der Waals surface area contributed by atoms with Crippen molar-refractivity contribution in [2.75, 3.05) is 11.3 Å². The molecule has 0 spiro atoms. The van der Waals surface area contributed by atoms with Gasteiger partial charge in [-0.1, -0.05) is 0 Å². The summed E-state index contributed by atoms with van der Waals surface area (Å²) < 4.78 is 26.2. The van der Waals surface area contributed by atoms with Crippen LogP contribution >= 0.6 is 11.3 Å². The minimum absolute atomic E-state index is 0.429. The monoisotopic (exact) mass is 261 g/mol. The maximum atomic E-state index is 11.8. The summed E-state index contributed by atoms with van der Waals surface area (Å²) in [5.74, 6) is 0. The summed E-state index contributed by atoms with van der Waals surface area (Å²) in [6, 6.07) is 0.525.